The Morgan fingerprint density at radius 2 is 1.93 bits per heavy atom. The number of carbonyl (C=O) groups is 1. The Kier molecular flexibility index (Phi) is 3.77. The van der Waals surface area contributed by atoms with Crippen molar-refractivity contribution in [3.63, 3.8) is 0 Å². The highest BCUT2D eigenvalue weighted by Crippen LogP contribution is 2.43. The van der Waals surface area contributed by atoms with Crippen molar-refractivity contribution in [2.45, 2.75) is 58.4 Å². The molecule has 0 radical (unpaired) electrons. The van der Waals surface area contributed by atoms with Crippen molar-refractivity contribution in [1.29, 1.82) is 0 Å². The number of rotatable bonds is 4. The van der Waals surface area contributed by atoms with Gasteiger partial charge >= 0.3 is 0 Å². The van der Waals surface area contributed by atoms with Crippen LogP contribution in [-0.4, -0.2) is 18.0 Å². The van der Waals surface area contributed by atoms with Crippen LogP contribution in [0.15, 0.2) is 0 Å². The van der Waals surface area contributed by atoms with E-state index in [0.29, 0.717) is 0 Å². The third-order valence-electron chi connectivity index (χ3n) is 3.86. The molecule has 15 heavy (non-hydrogen) atoms. The molecule has 1 aliphatic rings. The summed E-state index contributed by atoms with van der Waals surface area (Å²) in [6.07, 6.45) is 5.30. The molecule has 1 rings (SSSR count). The second-order valence-corrected chi connectivity index (χ2v) is 5.29. The van der Waals surface area contributed by atoms with Gasteiger partial charge in [-0.1, -0.05) is 33.6 Å². The second kappa shape index (κ2) is 4.52. The zero-order valence-electron chi connectivity index (χ0n) is 10.2. The Morgan fingerprint density at radius 1 is 1.33 bits per heavy atom. The predicted octanol–water partition coefficient (Wildman–Crippen LogP) is 1.81. The molecule has 88 valence electrons. The number of primary amides is 1. The zero-order valence-corrected chi connectivity index (χ0v) is 10.2. The summed E-state index contributed by atoms with van der Waals surface area (Å²) in [5.41, 5.74) is 5.11. The quantitative estimate of drug-likeness (QED) is 0.746. The summed E-state index contributed by atoms with van der Waals surface area (Å²) in [7, 11) is 0. The molecule has 1 aliphatic carbocycles. The first-order valence-electron chi connectivity index (χ1n) is 6.01. The summed E-state index contributed by atoms with van der Waals surface area (Å²) in [4.78, 5) is 11.8. The lowest BCUT2D eigenvalue weighted by Gasteiger charge is -2.48. The number of amides is 1. The van der Waals surface area contributed by atoms with Crippen LogP contribution < -0.4 is 11.1 Å². The minimum atomic E-state index is -0.485. The van der Waals surface area contributed by atoms with E-state index in [9.17, 15) is 4.79 Å². The van der Waals surface area contributed by atoms with Gasteiger partial charge in [-0.2, -0.15) is 0 Å². The summed E-state index contributed by atoms with van der Waals surface area (Å²) < 4.78 is 0. The first-order chi connectivity index (χ1) is 6.96. The van der Waals surface area contributed by atoms with Gasteiger partial charge in [0.05, 0.1) is 0 Å². The third kappa shape index (κ3) is 2.17. The minimum Gasteiger partial charge on any atom is -0.368 e. The summed E-state index contributed by atoms with van der Waals surface area (Å²) in [5.74, 6) is -0.180. The average Bonchev–Trinajstić information content (AvgIpc) is 2.15. The highest BCUT2D eigenvalue weighted by atomic mass is 16.1. The van der Waals surface area contributed by atoms with E-state index in [4.69, 9.17) is 5.73 Å². The van der Waals surface area contributed by atoms with Gasteiger partial charge in [0, 0.05) is 0 Å². The molecule has 1 amide bonds. The van der Waals surface area contributed by atoms with E-state index < -0.39 is 5.54 Å². The van der Waals surface area contributed by atoms with Crippen LogP contribution >= 0.6 is 0 Å². The SMILES string of the molecule is CCCNC1(C(N)=O)CCCCC1(C)C. The smallest absolute Gasteiger partial charge is 0.238 e. The van der Waals surface area contributed by atoms with Crippen molar-refractivity contribution in [2.75, 3.05) is 6.54 Å². The molecule has 3 nitrogen and oxygen atoms in total. The maximum absolute atomic E-state index is 11.8. The highest BCUT2D eigenvalue weighted by Gasteiger charge is 2.50. The van der Waals surface area contributed by atoms with Crippen molar-refractivity contribution >= 4 is 5.91 Å². The van der Waals surface area contributed by atoms with Crippen molar-refractivity contribution in [3.05, 3.63) is 0 Å². The fourth-order valence-electron chi connectivity index (χ4n) is 2.72. The second-order valence-electron chi connectivity index (χ2n) is 5.29. The summed E-state index contributed by atoms with van der Waals surface area (Å²) in [5, 5.41) is 3.40. The predicted molar refractivity (Wildman–Crippen MR) is 62.5 cm³/mol. The van der Waals surface area contributed by atoms with E-state index in [2.05, 4.69) is 26.1 Å². The van der Waals surface area contributed by atoms with Crippen LogP contribution in [0.3, 0.4) is 0 Å². The number of nitrogens with two attached hydrogens (primary N) is 1. The van der Waals surface area contributed by atoms with Crippen molar-refractivity contribution < 1.29 is 4.79 Å². The van der Waals surface area contributed by atoms with Crippen LogP contribution in [0.25, 0.3) is 0 Å². The molecule has 0 bridgehead atoms. The molecule has 0 spiro atoms. The Hall–Kier alpha value is -0.570. The van der Waals surface area contributed by atoms with Crippen molar-refractivity contribution in [1.82, 2.24) is 5.32 Å². The molecule has 0 aliphatic heterocycles. The van der Waals surface area contributed by atoms with Gasteiger partial charge in [-0.3, -0.25) is 4.79 Å². The molecule has 0 aromatic heterocycles. The Balaban J connectivity index is 2.90. The van der Waals surface area contributed by atoms with Crippen LogP contribution in [0.2, 0.25) is 0 Å². The number of hydrogen-bond donors (Lipinski definition) is 2. The standard InChI is InChI=1S/C12H24N2O/c1-4-9-14-12(10(13)15)8-6-5-7-11(12,2)3/h14H,4-9H2,1-3H3,(H2,13,15). The Bertz CT molecular complexity index is 238. The van der Waals surface area contributed by atoms with Crippen LogP contribution in [0, 0.1) is 5.41 Å². The lowest BCUT2D eigenvalue weighted by atomic mass is 9.62. The average molecular weight is 212 g/mol. The fraction of sp³-hybridized carbons (Fsp3) is 0.917. The minimum absolute atomic E-state index is 0.0216. The largest absolute Gasteiger partial charge is 0.368 e. The van der Waals surface area contributed by atoms with E-state index in [1.807, 2.05) is 0 Å². The maximum atomic E-state index is 11.8. The first kappa shape index (κ1) is 12.5. The Labute approximate surface area is 92.8 Å². The molecule has 0 heterocycles. The Morgan fingerprint density at radius 3 is 2.40 bits per heavy atom. The molecule has 0 aromatic rings. The van der Waals surface area contributed by atoms with Crippen LogP contribution in [0.4, 0.5) is 0 Å². The summed E-state index contributed by atoms with van der Waals surface area (Å²) in [6, 6.07) is 0. The molecule has 1 unspecified atom stereocenters. The van der Waals surface area contributed by atoms with Gasteiger partial charge in [-0.15, -0.1) is 0 Å². The van der Waals surface area contributed by atoms with Gasteiger partial charge in [-0.05, 0) is 31.2 Å². The lowest BCUT2D eigenvalue weighted by Crippen LogP contribution is -2.65. The van der Waals surface area contributed by atoms with E-state index >= 15 is 0 Å². The van der Waals surface area contributed by atoms with Gasteiger partial charge in [0.1, 0.15) is 5.54 Å². The molecule has 3 N–H and O–H groups in total. The van der Waals surface area contributed by atoms with Gasteiger partial charge in [0.2, 0.25) is 5.91 Å². The van der Waals surface area contributed by atoms with E-state index in [-0.39, 0.29) is 11.3 Å². The third-order valence-corrected chi connectivity index (χ3v) is 3.86. The van der Waals surface area contributed by atoms with Gasteiger partial charge in [0.15, 0.2) is 0 Å². The van der Waals surface area contributed by atoms with Gasteiger partial charge < -0.3 is 11.1 Å². The van der Waals surface area contributed by atoms with Crippen LogP contribution in [0.5, 0.6) is 0 Å². The fourth-order valence-corrected chi connectivity index (χ4v) is 2.72. The molecule has 0 aromatic carbocycles. The summed E-state index contributed by atoms with van der Waals surface area (Å²) in [6.45, 7) is 7.28. The maximum Gasteiger partial charge on any atom is 0.238 e. The number of nitrogens with one attached hydrogen (secondary N) is 1. The van der Waals surface area contributed by atoms with Crippen molar-refractivity contribution in [2.24, 2.45) is 11.1 Å². The first-order valence-corrected chi connectivity index (χ1v) is 6.01. The summed E-state index contributed by atoms with van der Waals surface area (Å²) >= 11 is 0. The highest BCUT2D eigenvalue weighted by molar-refractivity contribution is 5.85. The molecular formula is C12H24N2O. The van der Waals surface area contributed by atoms with E-state index in [0.717, 1.165) is 32.2 Å². The number of hydrogen-bond acceptors (Lipinski definition) is 2. The van der Waals surface area contributed by atoms with Crippen LogP contribution in [-0.2, 0) is 4.79 Å². The molecule has 3 heteroatoms. The topological polar surface area (TPSA) is 55.1 Å². The van der Waals surface area contributed by atoms with Gasteiger partial charge in [-0.25, -0.2) is 0 Å². The van der Waals surface area contributed by atoms with Crippen LogP contribution in [0.1, 0.15) is 52.9 Å². The molecular weight excluding hydrogens is 188 g/mol. The molecule has 1 fully saturated rings. The molecule has 1 saturated carbocycles. The lowest BCUT2D eigenvalue weighted by molar-refractivity contribution is -0.131. The van der Waals surface area contributed by atoms with Crippen molar-refractivity contribution in [3.8, 4) is 0 Å². The monoisotopic (exact) mass is 212 g/mol. The van der Waals surface area contributed by atoms with E-state index in [1.54, 1.807) is 0 Å². The zero-order chi connectivity index (χ0) is 11.5. The normalized spacial score (nSPS) is 30.1. The van der Waals surface area contributed by atoms with E-state index in [1.165, 1.54) is 6.42 Å². The molecule has 0 saturated heterocycles. The number of carbonyl (C=O) groups excluding carboxylic acids is 1. The van der Waals surface area contributed by atoms with Gasteiger partial charge in [0.25, 0.3) is 0 Å². The molecule has 1 atom stereocenters.